The van der Waals surface area contributed by atoms with Gasteiger partial charge in [0, 0.05) is 24.7 Å². The minimum absolute atomic E-state index is 0.0243. The number of rotatable bonds is 5. The summed E-state index contributed by atoms with van der Waals surface area (Å²) in [6.07, 6.45) is 2.25. The maximum absolute atomic E-state index is 11.1. The molecule has 0 aliphatic carbocycles. The zero-order valence-electron chi connectivity index (χ0n) is 12.4. The van der Waals surface area contributed by atoms with Crippen molar-refractivity contribution in [2.75, 3.05) is 6.54 Å². The van der Waals surface area contributed by atoms with Crippen molar-refractivity contribution in [3.05, 3.63) is 33.6 Å². The summed E-state index contributed by atoms with van der Waals surface area (Å²) >= 11 is 0. The van der Waals surface area contributed by atoms with E-state index in [-0.39, 0.29) is 22.1 Å². The minimum Gasteiger partial charge on any atom is -0.313 e. The third-order valence-electron chi connectivity index (χ3n) is 3.17. The number of nitro groups is 1. The van der Waals surface area contributed by atoms with Gasteiger partial charge >= 0.3 is 0 Å². The number of pyridine rings is 1. The van der Waals surface area contributed by atoms with Crippen molar-refractivity contribution in [3.8, 4) is 0 Å². The fourth-order valence-electron chi connectivity index (χ4n) is 2.02. The molecule has 0 aliphatic rings. The lowest BCUT2D eigenvalue weighted by molar-refractivity contribution is -0.386. The van der Waals surface area contributed by atoms with Crippen LogP contribution in [-0.4, -0.2) is 22.5 Å². The Hall–Kier alpha value is -1.49. The molecule has 0 bridgehead atoms. The molecule has 106 valence electrons. The normalized spacial score (nSPS) is 13.3. The van der Waals surface area contributed by atoms with Gasteiger partial charge in [-0.2, -0.15) is 0 Å². The molecule has 1 heterocycles. The molecule has 0 radical (unpaired) electrons. The summed E-state index contributed by atoms with van der Waals surface area (Å²) in [5.74, 6) is 0. The Labute approximate surface area is 114 Å². The van der Waals surface area contributed by atoms with Crippen molar-refractivity contribution in [2.45, 2.75) is 47.1 Å². The predicted octanol–water partition coefficient (Wildman–Crippen LogP) is 2.86. The average Bonchev–Trinajstić information content (AvgIpc) is 2.29. The van der Waals surface area contributed by atoms with E-state index in [0.29, 0.717) is 12.1 Å². The van der Waals surface area contributed by atoms with Crippen molar-refractivity contribution in [1.82, 2.24) is 10.3 Å². The standard InChI is InChI=1S/C14H23N3O2/c1-6-15-13(14(3,4)5)8-11-12(17(18)19)7-10(2)9-16-11/h7,9,13,15H,6,8H2,1-5H3. The molecule has 1 N–H and O–H groups in total. The lowest BCUT2D eigenvalue weighted by atomic mass is 9.83. The molecule has 1 aromatic heterocycles. The molecule has 1 aromatic rings. The largest absolute Gasteiger partial charge is 0.313 e. The van der Waals surface area contributed by atoms with E-state index in [9.17, 15) is 10.1 Å². The predicted molar refractivity (Wildman–Crippen MR) is 76.3 cm³/mol. The smallest absolute Gasteiger partial charge is 0.291 e. The lowest BCUT2D eigenvalue weighted by Crippen LogP contribution is -2.42. The molecule has 0 fully saturated rings. The van der Waals surface area contributed by atoms with Crippen molar-refractivity contribution in [1.29, 1.82) is 0 Å². The van der Waals surface area contributed by atoms with Gasteiger partial charge < -0.3 is 5.32 Å². The summed E-state index contributed by atoms with van der Waals surface area (Å²) in [6, 6.07) is 1.75. The third-order valence-corrected chi connectivity index (χ3v) is 3.17. The van der Waals surface area contributed by atoms with Crippen LogP contribution in [0.3, 0.4) is 0 Å². The quantitative estimate of drug-likeness (QED) is 0.656. The first-order valence-corrected chi connectivity index (χ1v) is 6.59. The Balaban J connectivity index is 3.06. The van der Waals surface area contributed by atoms with Gasteiger partial charge in [-0.3, -0.25) is 15.1 Å². The summed E-state index contributed by atoms with van der Waals surface area (Å²) in [7, 11) is 0. The zero-order valence-corrected chi connectivity index (χ0v) is 12.4. The Bertz CT molecular complexity index is 452. The summed E-state index contributed by atoms with van der Waals surface area (Å²) in [4.78, 5) is 15.0. The van der Waals surface area contributed by atoms with Gasteiger partial charge in [0.2, 0.25) is 0 Å². The number of aryl methyl sites for hydroxylation is 1. The number of nitrogens with zero attached hydrogens (tertiary/aromatic N) is 2. The van der Waals surface area contributed by atoms with E-state index in [2.05, 4.69) is 31.1 Å². The second kappa shape index (κ2) is 6.10. The summed E-state index contributed by atoms with van der Waals surface area (Å²) in [5.41, 5.74) is 1.51. The van der Waals surface area contributed by atoms with Crippen molar-refractivity contribution < 1.29 is 4.92 Å². The maximum Gasteiger partial charge on any atom is 0.291 e. The van der Waals surface area contributed by atoms with Crippen LogP contribution in [0.1, 0.15) is 39.0 Å². The van der Waals surface area contributed by atoms with E-state index in [0.717, 1.165) is 12.1 Å². The monoisotopic (exact) mass is 265 g/mol. The highest BCUT2D eigenvalue weighted by atomic mass is 16.6. The summed E-state index contributed by atoms with van der Waals surface area (Å²) in [6.45, 7) is 11.1. The molecule has 5 nitrogen and oxygen atoms in total. The molecule has 1 rings (SSSR count). The van der Waals surface area contributed by atoms with Gasteiger partial charge in [-0.1, -0.05) is 27.7 Å². The molecule has 0 aliphatic heterocycles. The van der Waals surface area contributed by atoms with E-state index in [1.54, 1.807) is 12.3 Å². The van der Waals surface area contributed by atoms with Gasteiger partial charge in [0.1, 0.15) is 5.69 Å². The van der Waals surface area contributed by atoms with Gasteiger partial charge in [-0.15, -0.1) is 0 Å². The molecule has 0 amide bonds. The highest BCUT2D eigenvalue weighted by Gasteiger charge is 2.27. The first-order valence-electron chi connectivity index (χ1n) is 6.59. The second-order valence-electron chi connectivity index (χ2n) is 5.92. The Morgan fingerprint density at radius 2 is 2.11 bits per heavy atom. The van der Waals surface area contributed by atoms with E-state index in [1.165, 1.54) is 0 Å². The fourth-order valence-corrected chi connectivity index (χ4v) is 2.02. The van der Waals surface area contributed by atoms with Crippen LogP contribution in [-0.2, 0) is 6.42 Å². The Morgan fingerprint density at radius 3 is 2.58 bits per heavy atom. The number of aromatic nitrogens is 1. The number of hydrogen-bond donors (Lipinski definition) is 1. The van der Waals surface area contributed by atoms with Crippen LogP contribution in [0.15, 0.2) is 12.3 Å². The summed E-state index contributed by atoms with van der Waals surface area (Å²) < 4.78 is 0. The minimum atomic E-state index is -0.346. The highest BCUT2D eigenvalue weighted by Crippen LogP contribution is 2.26. The summed E-state index contributed by atoms with van der Waals surface area (Å²) in [5, 5.41) is 14.5. The van der Waals surface area contributed by atoms with E-state index in [4.69, 9.17) is 0 Å². The molecule has 0 spiro atoms. The average molecular weight is 265 g/mol. The number of hydrogen-bond acceptors (Lipinski definition) is 4. The Morgan fingerprint density at radius 1 is 1.47 bits per heavy atom. The van der Waals surface area contributed by atoms with E-state index in [1.807, 2.05) is 13.8 Å². The first-order chi connectivity index (χ1) is 8.75. The molecule has 1 unspecified atom stereocenters. The highest BCUT2D eigenvalue weighted by molar-refractivity contribution is 5.38. The zero-order chi connectivity index (χ0) is 14.6. The first kappa shape index (κ1) is 15.6. The van der Waals surface area contributed by atoms with Gasteiger partial charge in [-0.25, -0.2) is 0 Å². The lowest BCUT2D eigenvalue weighted by Gasteiger charge is -2.31. The van der Waals surface area contributed by atoms with Crippen molar-refractivity contribution >= 4 is 5.69 Å². The van der Waals surface area contributed by atoms with Crippen LogP contribution < -0.4 is 5.32 Å². The molecular weight excluding hydrogens is 242 g/mol. The van der Waals surface area contributed by atoms with Crippen LogP contribution in [0.25, 0.3) is 0 Å². The number of likely N-dealkylation sites (N-methyl/N-ethyl adjacent to an activating group) is 1. The fraction of sp³-hybridized carbons (Fsp3) is 0.643. The van der Waals surface area contributed by atoms with Crippen LogP contribution in [0, 0.1) is 22.5 Å². The van der Waals surface area contributed by atoms with E-state index >= 15 is 0 Å². The SMILES string of the molecule is CCNC(Cc1ncc(C)cc1[N+](=O)[O-])C(C)(C)C. The van der Waals surface area contributed by atoms with Crippen LogP contribution in [0.4, 0.5) is 5.69 Å². The van der Waals surface area contributed by atoms with Gasteiger partial charge in [0.25, 0.3) is 5.69 Å². The van der Waals surface area contributed by atoms with E-state index < -0.39 is 0 Å². The number of nitrogens with one attached hydrogen (secondary N) is 1. The van der Waals surface area contributed by atoms with Crippen LogP contribution in [0.5, 0.6) is 0 Å². The molecular formula is C14H23N3O2. The molecule has 0 saturated heterocycles. The Kier molecular flexibility index (Phi) is 5.00. The van der Waals surface area contributed by atoms with Gasteiger partial charge in [-0.05, 0) is 24.4 Å². The van der Waals surface area contributed by atoms with Gasteiger partial charge in [0.05, 0.1) is 4.92 Å². The molecule has 19 heavy (non-hydrogen) atoms. The van der Waals surface area contributed by atoms with Crippen LogP contribution in [0.2, 0.25) is 0 Å². The molecule has 0 aromatic carbocycles. The molecule has 5 heteroatoms. The van der Waals surface area contributed by atoms with Crippen molar-refractivity contribution in [3.63, 3.8) is 0 Å². The third kappa shape index (κ3) is 4.28. The maximum atomic E-state index is 11.1. The molecule has 0 saturated carbocycles. The van der Waals surface area contributed by atoms with Crippen LogP contribution >= 0.6 is 0 Å². The van der Waals surface area contributed by atoms with Crippen molar-refractivity contribution in [2.24, 2.45) is 5.41 Å². The topological polar surface area (TPSA) is 68.1 Å². The van der Waals surface area contributed by atoms with Gasteiger partial charge in [0.15, 0.2) is 0 Å². The second-order valence-corrected chi connectivity index (χ2v) is 5.92. The molecule has 1 atom stereocenters.